The quantitative estimate of drug-likeness (QED) is 0.502. The van der Waals surface area contributed by atoms with E-state index in [1.54, 1.807) is 0 Å². The van der Waals surface area contributed by atoms with E-state index in [1.807, 2.05) is 61.5 Å². The van der Waals surface area contributed by atoms with Gasteiger partial charge in [-0.15, -0.1) is 0 Å². The number of nitrogens with zero attached hydrogens (tertiary/aromatic N) is 1. The van der Waals surface area contributed by atoms with E-state index in [9.17, 15) is 0 Å². The van der Waals surface area contributed by atoms with Gasteiger partial charge in [0.2, 0.25) is 0 Å². The van der Waals surface area contributed by atoms with Crippen molar-refractivity contribution in [1.82, 2.24) is 4.40 Å². The third-order valence-corrected chi connectivity index (χ3v) is 4.40. The molecule has 0 saturated carbocycles. The Bertz CT molecular complexity index is 904. The highest BCUT2D eigenvalue weighted by Gasteiger charge is 2.23. The molecular weight excluding hydrogens is 338 g/mol. The average Bonchev–Trinajstić information content (AvgIpc) is 3.41. The van der Waals surface area contributed by atoms with Gasteiger partial charge in [-0.2, -0.15) is 0 Å². The molecule has 28 heavy (non-hydrogen) atoms. The van der Waals surface area contributed by atoms with Gasteiger partial charge in [-0.3, -0.25) is 0 Å². The Labute approximate surface area is 174 Å². The Morgan fingerprint density at radius 1 is 0.821 bits per heavy atom. The molecule has 0 aromatic carbocycles. The molecule has 2 heterocycles. The molecule has 0 radical (unpaired) electrons. The zero-order chi connectivity index (χ0) is 22.4. The van der Waals surface area contributed by atoms with Crippen LogP contribution < -0.4 is 15.8 Å². The number of rotatable bonds is 1. The predicted molar refractivity (Wildman–Crippen MR) is 135 cm³/mol. The summed E-state index contributed by atoms with van der Waals surface area (Å²) in [7, 11) is 0. The first-order valence-corrected chi connectivity index (χ1v) is 11.3. The van der Waals surface area contributed by atoms with E-state index in [0.717, 1.165) is 0 Å². The fourth-order valence-electron chi connectivity index (χ4n) is 3.59. The van der Waals surface area contributed by atoms with Crippen LogP contribution in [0.25, 0.3) is 35.9 Å². The lowest BCUT2D eigenvalue weighted by Crippen LogP contribution is -2.26. The SMILES string of the molecule is C=Cc1c(=C/C)/c(=C\C)n2c3c(/c(=C/C)c12)C(C)C=C3.CC.CC.CC.CC. The van der Waals surface area contributed by atoms with Crippen LogP contribution in [0.2, 0.25) is 0 Å². The molecule has 3 rings (SSSR count). The number of fused-ring (bicyclic) bond motifs is 3. The molecule has 0 aliphatic heterocycles. The van der Waals surface area contributed by atoms with E-state index < -0.39 is 0 Å². The first-order valence-electron chi connectivity index (χ1n) is 11.3. The first kappa shape index (κ1) is 28.2. The van der Waals surface area contributed by atoms with Crippen LogP contribution in [0, 0.1) is 0 Å². The Morgan fingerprint density at radius 2 is 1.32 bits per heavy atom. The minimum Gasteiger partial charge on any atom is -0.309 e. The van der Waals surface area contributed by atoms with Crippen LogP contribution in [0.1, 0.15) is 106 Å². The molecular formula is C27H45N. The molecule has 1 aliphatic rings. The first-order chi connectivity index (χ1) is 13.7. The zero-order valence-electron chi connectivity index (χ0n) is 20.7. The summed E-state index contributed by atoms with van der Waals surface area (Å²) in [5.41, 5.74) is 5.36. The predicted octanol–water partition coefficient (Wildman–Crippen LogP) is 6.94. The van der Waals surface area contributed by atoms with Crippen LogP contribution >= 0.6 is 0 Å². The van der Waals surface area contributed by atoms with Gasteiger partial charge in [0.25, 0.3) is 0 Å². The lowest BCUT2D eigenvalue weighted by Gasteiger charge is -1.99. The number of aromatic nitrogens is 1. The summed E-state index contributed by atoms with van der Waals surface area (Å²) >= 11 is 0. The van der Waals surface area contributed by atoms with Crippen LogP contribution in [0.4, 0.5) is 0 Å². The van der Waals surface area contributed by atoms with Gasteiger partial charge in [-0.25, -0.2) is 0 Å². The fraction of sp³-hybridized carbons (Fsp3) is 0.481. The lowest BCUT2D eigenvalue weighted by atomic mass is 10.0. The summed E-state index contributed by atoms with van der Waals surface area (Å²) in [5, 5.41) is 3.93. The monoisotopic (exact) mass is 383 g/mol. The largest absolute Gasteiger partial charge is 0.309 e. The van der Waals surface area contributed by atoms with E-state index in [2.05, 4.69) is 69.1 Å². The van der Waals surface area contributed by atoms with Crippen LogP contribution in [0.5, 0.6) is 0 Å². The van der Waals surface area contributed by atoms with Crippen LogP contribution in [-0.2, 0) is 0 Å². The van der Waals surface area contributed by atoms with Crippen molar-refractivity contribution in [2.45, 2.75) is 89.0 Å². The summed E-state index contributed by atoms with van der Waals surface area (Å²) in [5.74, 6) is 0.493. The molecule has 0 saturated heterocycles. The van der Waals surface area contributed by atoms with E-state index in [-0.39, 0.29) is 0 Å². The second-order valence-corrected chi connectivity index (χ2v) is 5.33. The van der Waals surface area contributed by atoms with Gasteiger partial charge in [0.1, 0.15) is 0 Å². The van der Waals surface area contributed by atoms with Gasteiger partial charge in [-0.1, -0.05) is 99.3 Å². The highest BCUT2D eigenvalue weighted by atomic mass is 14.9. The summed E-state index contributed by atoms with van der Waals surface area (Å²) in [6.07, 6.45) is 13.2. The zero-order valence-corrected chi connectivity index (χ0v) is 20.7. The van der Waals surface area contributed by atoms with Crippen molar-refractivity contribution < 1.29 is 0 Å². The third-order valence-electron chi connectivity index (χ3n) is 4.40. The molecule has 1 unspecified atom stereocenters. The topological polar surface area (TPSA) is 4.41 Å². The maximum atomic E-state index is 4.04. The van der Waals surface area contributed by atoms with Crippen LogP contribution in [-0.4, -0.2) is 4.40 Å². The molecule has 2 aromatic rings. The Kier molecular flexibility index (Phi) is 15.1. The van der Waals surface area contributed by atoms with Gasteiger partial charge in [0.15, 0.2) is 0 Å². The number of allylic oxidation sites excluding steroid dienone is 1. The summed E-state index contributed by atoms with van der Waals surface area (Å²) in [6.45, 7) is 28.6. The maximum absolute atomic E-state index is 4.04. The molecule has 0 spiro atoms. The van der Waals surface area contributed by atoms with E-state index in [1.165, 1.54) is 38.1 Å². The Hall–Kier alpha value is -2.02. The van der Waals surface area contributed by atoms with Crippen molar-refractivity contribution in [2.75, 3.05) is 0 Å². The van der Waals surface area contributed by atoms with Gasteiger partial charge in [0.05, 0.1) is 11.2 Å². The Morgan fingerprint density at radius 3 is 1.71 bits per heavy atom. The van der Waals surface area contributed by atoms with Crippen molar-refractivity contribution in [2.24, 2.45) is 0 Å². The molecule has 0 fully saturated rings. The van der Waals surface area contributed by atoms with Crippen molar-refractivity contribution in [1.29, 1.82) is 0 Å². The van der Waals surface area contributed by atoms with Gasteiger partial charge in [0, 0.05) is 27.3 Å². The van der Waals surface area contributed by atoms with Crippen molar-refractivity contribution in [3.63, 3.8) is 0 Å². The summed E-state index contributed by atoms with van der Waals surface area (Å²) < 4.78 is 2.40. The molecule has 158 valence electrons. The normalized spacial score (nSPS) is 15.4. The van der Waals surface area contributed by atoms with E-state index >= 15 is 0 Å². The van der Waals surface area contributed by atoms with Gasteiger partial charge >= 0.3 is 0 Å². The van der Waals surface area contributed by atoms with Gasteiger partial charge in [-0.05, 0) is 32.4 Å². The number of hydrogen-bond donors (Lipinski definition) is 0. The third kappa shape index (κ3) is 4.87. The molecule has 0 N–H and O–H groups in total. The molecule has 1 nitrogen and oxygen atoms in total. The minimum absolute atomic E-state index is 0.493. The molecule has 1 heteroatoms. The smallest absolute Gasteiger partial charge is 0.0613 e. The maximum Gasteiger partial charge on any atom is 0.0613 e. The lowest BCUT2D eigenvalue weighted by molar-refractivity contribution is 0.978. The molecule has 0 bridgehead atoms. The average molecular weight is 384 g/mol. The summed E-state index contributed by atoms with van der Waals surface area (Å²) in [6, 6.07) is 0. The molecule has 0 amide bonds. The minimum atomic E-state index is 0.493. The summed E-state index contributed by atoms with van der Waals surface area (Å²) in [4.78, 5) is 0. The van der Waals surface area contributed by atoms with Crippen molar-refractivity contribution >= 4 is 35.9 Å². The second kappa shape index (κ2) is 15.0. The standard InChI is InChI=1S/C19H21N.4C2H6/c1-6-13-14(7-2)19-15(8-3)18-12(5)10-11-17(18)20(19)16(13)9-4;4*1-2/h6-12H,2H2,1,3-5H3;4*1-2H3/b13-6-,15-8-,16-9+;;;;. The molecule has 2 aromatic heterocycles. The van der Waals surface area contributed by atoms with Crippen molar-refractivity contribution in [3.8, 4) is 0 Å². The second-order valence-electron chi connectivity index (χ2n) is 5.33. The Balaban J connectivity index is 0. The highest BCUT2D eigenvalue weighted by molar-refractivity contribution is 5.79. The van der Waals surface area contributed by atoms with E-state index in [0.29, 0.717) is 5.92 Å². The fourth-order valence-corrected chi connectivity index (χ4v) is 3.59. The number of hydrogen-bond acceptors (Lipinski definition) is 0. The van der Waals surface area contributed by atoms with Crippen molar-refractivity contribution in [3.05, 3.63) is 45.3 Å². The van der Waals surface area contributed by atoms with Crippen LogP contribution in [0.3, 0.4) is 0 Å². The molecule has 1 aliphatic carbocycles. The van der Waals surface area contributed by atoms with Gasteiger partial charge < -0.3 is 4.40 Å². The van der Waals surface area contributed by atoms with E-state index in [4.69, 9.17) is 0 Å². The highest BCUT2D eigenvalue weighted by Crippen LogP contribution is 2.28. The molecule has 1 atom stereocenters. The van der Waals surface area contributed by atoms with Crippen LogP contribution in [0.15, 0.2) is 12.7 Å².